The quantitative estimate of drug-likeness (QED) is 0.0335. The molecule has 9 heteroatoms. The lowest BCUT2D eigenvalue weighted by molar-refractivity contribution is -0.223. The van der Waals surface area contributed by atoms with Gasteiger partial charge in [0.25, 0.3) is 0 Å². The molecular formula is C54H83NO6S2. The normalized spacial score (nSPS) is 23.4. The van der Waals surface area contributed by atoms with Crippen molar-refractivity contribution in [2.45, 2.75) is 190 Å². The summed E-state index contributed by atoms with van der Waals surface area (Å²) in [6, 6.07) is 14.6. The van der Waals surface area contributed by atoms with Crippen LogP contribution in [0.3, 0.4) is 0 Å². The third kappa shape index (κ3) is 15.3. The van der Waals surface area contributed by atoms with Crippen molar-refractivity contribution in [3.63, 3.8) is 0 Å². The third-order valence-electron chi connectivity index (χ3n) is 13.2. The van der Waals surface area contributed by atoms with Gasteiger partial charge in [0, 0.05) is 36.0 Å². The van der Waals surface area contributed by atoms with E-state index in [4.69, 9.17) is 24.2 Å². The largest absolute Gasteiger partial charge is 0.460 e. The number of oxime groups is 1. The van der Waals surface area contributed by atoms with Crippen LogP contribution >= 0.6 is 23.5 Å². The number of rotatable bonds is 31. The summed E-state index contributed by atoms with van der Waals surface area (Å²) in [6.07, 6.45) is 31.2. The van der Waals surface area contributed by atoms with Crippen LogP contribution in [-0.4, -0.2) is 64.4 Å². The summed E-state index contributed by atoms with van der Waals surface area (Å²) in [5, 5.41) is 24.9. The highest BCUT2D eigenvalue weighted by Gasteiger charge is 2.64. The third-order valence-corrected chi connectivity index (χ3v) is 15.3. The number of benzene rings is 2. The van der Waals surface area contributed by atoms with Crippen molar-refractivity contribution in [1.82, 2.24) is 0 Å². The Balaban J connectivity index is 1.44. The maximum absolute atomic E-state index is 9.99. The minimum absolute atomic E-state index is 0.0306. The van der Waals surface area contributed by atoms with Crippen molar-refractivity contribution in [1.29, 1.82) is 0 Å². The Morgan fingerprint density at radius 2 is 1.43 bits per heavy atom. The Labute approximate surface area is 391 Å². The van der Waals surface area contributed by atoms with E-state index in [0.717, 1.165) is 79.2 Å². The molecule has 0 spiro atoms. The van der Waals surface area contributed by atoms with Crippen molar-refractivity contribution < 1.29 is 29.3 Å². The van der Waals surface area contributed by atoms with Gasteiger partial charge < -0.3 is 29.3 Å². The maximum Gasteiger partial charge on any atom is 0.230 e. The maximum atomic E-state index is 9.99. The zero-order valence-electron chi connectivity index (χ0n) is 39.8. The molecular weight excluding hydrogens is 823 g/mol. The van der Waals surface area contributed by atoms with Crippen molar-refractivity contribution in [3.8, 4) is 17.2 Å². The van der Waals surface area contributed by atoms with Crippen LogP contribution in [0.2, 0.25) is 0 Å². The zero-order valence-corrected chi connectivity index (χ0v) is 41.4. The van der Waals surface area contributed by atoms with Gasteiger partial charge in [-0.15, -0.1) is 18.3 Å². The molecule has 2 aliphatic carbocycles. The number of aliphatic hydroxyl groups excluding tert-OH is 2. The Bertz CT molecular complexity index is 1690. The summed E-state index contributed by atoms with van der Waals surface area (Å²) in [5.41, 5.74) is 2.84. The molecule has 0 bridgehead atoms. The zero-order chi connectivity index (χ0) is 44.9. The molecule has 7 nitrogen and oxygen atoms in total. The number of aliphatic hydroxyl groups is 2. The molecule has 2 aromatic rings. The van der Waals surface area contributed by atoms with Gasteiger partial charge in [-0.2, -0.15) is 11.8 Å². The molecule has 0 aromatic heterocycles. The Morgan fingerprint density at radius 3 is 2.03 bits per heavy atom. The first kappa shape index (κ1) is 51.6. The highest BCUT2D eigenvalue weighted by molar-refractivity contribution is 8.00. The van der Waals surface area contributed by atoms with E-state index in [1.165, 1.54) is 93.9 Å². The summed E-state index contributed by atoms with van der Waals surface area (Å²) >= 11 is 3.70. The fourth-order valence-electron chi connectivity index (χ4n) is 10.0. The lowest BCUT2D eigenvalue weighted by Crippen LogP contribution is -2.64. The van der Waals surface area contributed by atoms with Crippen LogP contribution in [0.15, 0.2) is 76.8 Å². The second kappa shape index (κ2) is 27.3. The van der Waals surface area contributed by atoms with E-state index in [1.807, 2.05) is 36.0 Å². The van der Waals surface area contributed by atoms with Gasteiger partial charge in [0.05, 0.1) is 23.5 Å². The highest BCUT2D eigenvalue weighted by Crippen LogP contribution is 2.63. The van der Waals surface area contributed by atoms with Crippen molar-refractivity contribution in [2.75, 3.05) is 31.8 Å². The van der Waals surface area contributed by atoms with E-state index >= 15 is 0 Å². The van der Waals surface area contributed by atoms with Crippen LogP contribution < -0.4 is 9.47 Å². The van der Waals surface area contributed by atoms with Crippen LogP contribution in [0.4, 0.5) is 0 Å². The molecule has 0 saturated heterocycles. The van der Waals surface area contributed by atoms with Gasteiger partial charge in [-0.25, -0.2) is 0 Å². The molecule has 63 heavy (non-hydrogen) atoms. The lowest BCUT2D eigenvalue weighted by atomic mass is 9.56. The predicted octanol–water partition coefficient (Wildman–Crippen LogP) is 14.8. The van der Waals surface area contributed by atoms with E-state index < -0.39 is 11.4 Å². The van der Waals surface area contributed by atoms with E-state index in [0.29, 0.717) is 13.0 Å². The van der Waals surface area contributed by atoms with E-state index in [2.05, 4.69) is 70.9 Å². The Hall–Kier alpha value is -2.43. The number of hydrogen-bond donors (Lipinski definition) is 2. The standard InChI is InChI=1S/C54H83NO6S2/c1-7-9-10-11-12-13-14-15-16-17-18-19-20-25-37-63-50-40-48(55-61-53(3,4)5)46-38-41(26-21-23-34-56)45(27-22-24-35-57)51-47-39-43(59-42-28-31-44(62-6)32-29-42)30-33-49(47)60-54(50,52(46)51)58-36-8-2/h8,28-33,38-39,41,45,50-52,56-57H,2,7,9-27,34-37,40H2,1,3-6H3/t41-,45+,50-,51+,52+,54+/m0/s1. The molecule has 2 N–H and O–H groups in total. The van der Waals surface area contributed by atoms with Crippen LogP contribution in [0.5, 0.6) is 17.2 Å². The van der Waals surface area contributed by atoms with Crippen LogP contribution in [-0.2, 0) is 9.57 Å². The first-order valence-electron chi connectivity index (χ1n) is 24.9. The van der Waals surface area contributed by atoms with Gasteiger partial charge in [0.2, 0.25) is 5.79 Å². The van der Waals surface area contributed by atoms with Gasteiger partial charge in [-0.3, -0.25) is 0 Å². The summed E-state index contributed by atoms with van der Waals surface area (Å²) in [5.74, 6) is 2.84. The van der Waals surface area contributed by atoms with E-state index in [-0.39, 0.29) is 42.1 Å². The van der Waals surface area contributed by atoms with Gasteiger partial charge >= 0.3 is 0 Å². The molecule has 1 aliphatic heterocycles. The molecule has 0 unspecified atom stereocenters. The van der Waals surface area contributed by atoms with Crippen molar-refractivity contribution in [2.24, 2.45) is 22.9 Å². The number of ether oxygens (including phenoxy) is 3. The predicted molar refractivity (Wildman–Crippen MR) is 267 cm³/mol. The second-order valence-electron chi connectivity index (χ2n) is 19.2. The average Bonchev–Trinajstić information content (AvgIpc) is 3.28. The molecule has 352 valence electrons. The number of hydrogen-bond acceptors (Lipinski definition) is 9. The van der Waals surface area contributed by atoms with Crippen LogP contribution in [0.25, 0.3) is 0 Å². The first-order valence-corrected chi connectivity index (χ1v) is 27.2. The fourth-order valence-corrected chi connectivity index (χ4v) is 11.9. The summed E-state index contributed by atoms with van der Waals surface area (Å²) < 4.78 is 21.1. The smallest absolute Gasteiger partial charge is 0.230 e. The summed E-state index contributed by atoms with van der Waals surface area (Å²) in [7, 11) is 0. The minimum atomic E-state index is -0.958. The Morgan fingerprint density at radius 1 is 0.810 bits per heavy atom. The topological polar surface area (TPSA) is 89.7 Å². The lowest BCUT2D eigenvalue weighted by Gasteiger charge is -2.58. The van der Waals surface area contributed by atoms with Gasteiger partial charge in [-0.05, 0) is 125 Å². The first-order chi connectivity index (χ1) is 30.7. The number of unbranched alkanes of at least 4 members (excludes halogenated alkanes) is 15. The Kier molecular flexibility index (Phi) is 22.3. The molecule has 1 heterocycles. The van der Waals surface area contributed by atoms with E-state index in [9.17, 15) is 10.2 Å². The van der Waals surface area contributed by atoms with Gasteiger partial charge in [0.15, 0.2) is 0 Å². The van der Waals surface area contributed by atoms with Crippen LogP contribution in [0, 0.1) is 17.8 Å². The molecule has 1 saturated carbocycles. The summed E-state index contributed by atoms with van der Waals surface area (Å²) in [6.45, 7) is 13.3. The number of fused-ring (bicyclic) bond motifs is 2. The number of nitrogens with zero attached hydrogens (tertiary/aromatic N) is 1. The molecule has 5 rings (SSSR count). The summed E-state index contributed by atoms with van der Waals surface area (Å²) in [4.78, 5) is 7.50. The van der Waals surface area contributed by atoms with Gasteiger partial charge in [0.1, 0.15) is 22.8 Å². The molecule has 2 aromatic carbocycles. The number of thioether (sulfide) groups is 2. The fraction of sp³-hybridized carbons (Fsp3) is 0.685. The SMILES string of the molecule is C=CCO[C@@]12Oc3ccc(Oc4ccc(SC)cc4)cc3[C@H]3[C@H](CCCCO)[C@@H](CCCCO)C=C(C(=NOC(C)(C)C)C[C@@H]1SCCCCCCCCCCCCCCCC)[C@H]32. The molecule has 6 atom stereocenters. The van der Waals surface area contributed by atoms with Crippen molar-refractivity contribution in [3.05, 3.63) is 72.3 Å². The van der Waals surface area contributed by atoms with Gasteiger partial charge in [-0.1, -0.05) is 121 Å². The van der Waals surface area contributed by atoms with Crippen LogP contribution in [0.1, 0.15) is 174 Å². The minimum Gasteiger partial charge on any atom is -0.460 e. The molecule has 1 fully saturated rings. The second-order valence-corrected chi connectivity index (χ2v) is 21.4. The number of allylic oxidation sites excluding steroid dienone is 1. The van der Waals surface area contributed by atoms with Crippen molar-refractivity contribution >= 4 is 29.2 Å². The molecule has 3 aliphatic rings. The van der Waals surface area contributed by atoms with E-state index in [1.54, 1.807) is 11.8 Å². The molecule has 0 amide bonds. The molecule has 0 radical (unpaired) electrons. The highest BCUT2D eigenvalue weighted by atomic mass is 32.2. The average molecular weight is 906 g/mol. The monoisotopic (exact) mass is 906 g/mol.